The normalized spacial score (nSPS) is 23.0. The highest BCUT2D eigenvalue weighted by atomic mass is 16.5. The van der Waals surface area contributed by atoms with Gasteiger partial charge in [0.25, 0.3) is 0 Å². The molecule has 0 radical (unpaired) electrons. The van der Waals surface area contributed by atoms with Crippen molar-refractivity contribution >= 4 is 0 Å². The summed E-state index contributed by atoms with van der Waals surface area (Å²) in [5.74, 6) is 0. The van der Waals surface area contributed by atoms with Crippen LogP contribution in [0.4, 0.5) is 0 Å². The van der Waals surface area contributed by atoms with E-state index in [0.717, 1.165) is 39.1 Å². The molecule has 0 aliphatic carbocycles. The molecule has 72 valence electrons. The van der Waals surface area contributed by atoms with Crippen LogP contribution in [0, 0.1) is 5.41 Å². The number of hydrogen-bond acceptors (Lipinski definition) is 3. The summed E-state index contributed by atoms with van der Waals surface area (Å²) in [6, 6.07) is 0. The van der Waals surface area contributed by atoms with Crippen molar-refractivity contribution < 1.29 is 4.74 Å². The predicted molar refractivity (Wildman–Crippen MR) is 50.1 cm³/mol. The second-order valence-corrected chi connectivity index (χ2v) is 4.05. The van der Waals surface area contributed by atoms with Crippen LogP contribution in [0.15, 0.2) is 0 Å². The van der Waals surface area contributed by atoms with Gasteiger partial charge in [0.15, 0.2) is 0 Å². The maximum atomic E-state index is 5.80. The van der Waals surface area contributed by atoms with Gasteiger partial charge in [0.1, 0.15) is 0 Å². The van der Waals surface area contributed by atoms with Crippen LogP contribution in [0.3, 0.4) is 0 Å². The third-order valence-corrected chi connectivity index (χ3v) is 2.64. The Morgan fingerprint density at radius 1 is 1.33 bits per heavy atom. The van der Waals surface area contributed by atoms with Crippen molar-refractivity contribution in [2.24, 2.45) is 11.1 Å². The summed E-state index contributed by atoms with van der Waals surface area (Å²) in [4.78, 5) is 2.22. The molecule has 0 unspecified atom stereocenters. The Morgan fingerprint density at radius 3 is 2.33 bits per heavy atom. The molecule has 0 aromatic carbocycles. The first kappa shape index (κ1) is 9.96. The third kappa shape index (κ3) is 2.44. The summed E-state index contributed by atoms with van der Waals surface area (Å²) >= 11 is 0. The molecule has 0 saturated carbocycles. The first-order valence-electron chi connectivity index (χ1n) is 4.61. The lowest BCUT2D eigenvalue weighted by molar-refractivity contribution is 0.00693. The van der Waals surface area contributed by atoms with Crippen LogP contribution in [-0.4, -0.2) is 45.3 Å². The molecule has 1 aliphatic rings. The quantitative estimate of drug-likeness (QED) is 0.665. The van der Waals surface area contributed by atoms with Gasteiger partial charge in [-0.1, -0.05) is 0 Å². The molecule has 3 heteroatoms. The van der Waals surface area contributed by atoms with Gasteiger partial charge in [-0.05, 0) is 38.9 Å². The molecule has 1 aliphatic heterocycles. The highest BCUT2D eigenvalue weighted by molar-refractivity contribution is 4.84. The van der Waals surface area contributed by atoms with E-state index in [9.17, 15) is 0 Å². The summed E-state index contributed by atoms with van der Waals surface area (Å²) < 4.78 is 5.33. The fraction of sp³-hybridized carbons (Fsp3) is 1.00. The summed E-state index contributed by atoms with van der Waals surface area (Å²) in [5.41, 5.74) is 6.13. The molecule has 0 aromatic heterocycles. The minimum Gasteiger partial charge on any atom is -0.381 e. The van der Waals surface area contributed by atoms with Gasteiger partial charge in [-0.3, -0.25) is 0 Å². The Morgan fingerprint density at radius 2 is 1.92 bits per heavy atom. The Labute approximate surface area is 74.9 Å². The number of rotatable bonds is 3. The fourth-order valence-electron chi connectivity index (χ4n) is 1.90. The largest absolute Gasteiger partial charge is 0.381 e. The second kappa shape index (κ2) is 4.21. The van der Waals surface area contributed by atoms with Gasteiger partial charge in [-0.2, -0.15) is 0 Å². The summed E-state index contributed by atoms with van der Waals surface area (Å²) in [5, 5.41) is 0. The van der Waals surface area contributed by atoms with Crippen LogP contribution in [0.1, 0.15) is 12.8 Å². The van der Waals surface area contributed by atoms with Crippen molar-refractivity contribution in [1.29, 1.82) is 0 Å². The van der Waals surface area contributed by atoms with E-state index in [4.69, 9.17) is 10.5 Å². The zero-order chi connectivity index (χ0) is 9.03. The molecule has 1 fully saturated rings. The molecule has 0 atom stereocenters. The van der Waals surface area contributed by atoms with Crippen LogP contribution in [0.2, 0.25) is 0 Å². The van der Waals surface area contributed by atoms with Crippen molar-refractivity contribution in [1.82, 2.24) is 4.90 Å². The van der Waals surface area contributed by atoms with E-state index in [-0.39, 0.29) is 0 Å². The fourth-order valence-corrected chi connectivity index (χ4v) is 1.90. The zero-order valence-electron chi connectivity index (χ0n) is 8.18. The predicted octanol–water partition coefficient (Wildman–Crippen LogP) is 0.303. The van der Waals surface area contributed by atoms with Gasteiger partial charge in [-0.25, -0.2) is 0 Å². The van der Waals surface area contributed by atoms with Gasteiger partial charge in [0.2, 0.25) is 0 Å². The molecule has 12 heavy (non-hydrogen) atoms. The van der Waals surface area contributed by atoms with Gasteiger partial charge in [-0.15, -0.1) is 0 Å². The summed E-state index contributed by atoms with van der Waals surface area (Å²) in [6.45, 7) is 3.64. The molecular weight excluding hydrogens is 152 g/mol. The Kier molecular flexibility index (Phi) is 3.50. The number of ether oxygens (including phenoxy) is 1. The van der Waals surface area contributed by atoms with Gasteiger partial charge >= 0.3 is 0 Å². The zero-order valence-corrected chi connectivity index (χ0v) is 8.18. The van der Waals surface area contributed by atoms with E-state index in [2.05, 4.69) is 19.0 Å². The van der Waals surface area contributed by atoms with E-state index in [1.165, 1.54) is 0 Å². The molecule has 1 saturated heterocycles. The van der Waals surface area contributed by atoms with Crippen molar-refractivity contribution in [3.05, 3.63) is 0 Å². The minimum atomic E-state index is 0.321. The average molecular weight is 172 g/mol. The van der Waals surface area contributed by atoms with Crippen LogP contribution in [-0.2, 0) is 4.74 Å². The van der Waals surface area contributed by atoms with Gasteiger partial charge in [0.05, 0.1) is 0 Å². The average Bonchev–Trinajstić information content (AvgIpc) is 2.05. The topological polar surface area (TPSA) is 38.5 Å². The second-order valence-electron chi connectivity index (χ2n) is 4.05. The van der Waals surface area contributed by atoms with Crippen molar-refractivity contribution in [3.8, 4) is 0 Å². The monoisotopic (exact) mass is 172 g/mol. The van der Waals surface area contributed by atoms with Crippen molar-refractivity contribution in [2.45, 2.75) is 12.8 Å². The molecule has 0 aromatic rings. The van der Waals surface area contributed by atoms with Crippen LogP contribution in [0.25, 0.3) is 0 Å². The minimum absolute atomic E-state index is 0.321. The molecular formula is C9H20N2O. The Bertz CT molecular complexity index is 130. The maximum absolute atomic E-state index is 5.80. The lowest BCUT2D eigenvalue weighted by atomic mass is 9.80. The molecule has 0 amide bonds. The van der Waals surface area contributed by atoms with Crippen LogP contribution < -0.4 is 5.73 Å². The highest BCUT2D eigenvalue weighted by Gasteiger charge is 2.31. The van der Waals surface area contributed by atoms with Gasteiger partial charge in [0, 0.05) is 19.8 Å². The first-order valence-corrected chi connectivity index (χ1v) is 4.61. The first-order chi connectivity index (χ1) is 5.68. The lowest BCUT2D eigenvalue weighted by Crippen LogP contribution is -2.44. The third-order valence-electron chi connectivity index (χ3n) is 2.64. The molecule has 2 N–H and O–H groups in total. The lowest BCUT2D eigenvalue weighted by Gasteiger charge is -2.38. The van der Waals surface area contributed by atoms with E-state index in [1.54, 1.807) is 0 Å². The molecule has 0 spiro atoms. The Hall–Kier alpha value is -0.120. The van der Waals surface area contributed by atoms with E-state index < -0.39 is 0 Å². The molecule has 1 rings (SSSR count). The molecule has 0 bridgehead atoms. The smallest absolute Gasteiger partial charge is 0.0472 e. The highest BCUT2D eigenvalue weighted by Crippen LogP contribution is 2.29. The van der Waals surface area contributed by atoms with E-state index in [0.29, 0.717) is 5.41 Å². The summed E-state index contributed by atoms with van der Waals surface area (Å²) in [6.07, 6.45) is 2.23. The number of nitrogens with zero attached hydrogens (tertiary/aromatic N) is 1. The van der Waals surface area contributed by atoms with Crippen molar-refractivity contribution in [3.63, 3.8) is 0 Å². The van der Waals surface area contributed by atoms with Crippen molar-refractivity contribution in [2.75, 3.05) is 40.4 Å². The molecule has 3 nitrogen and oxygen atoms in total. The summed E-state index contributed by atoms with van der Waals surface area (Å²) in [7, 11) is 4.21. The SMILES string of the molecule is CN(C)CC1(CN)CCOCC1. The van der Waals surface area contributed by atoms with E-state index in [1.807, 2.05) is 0 Å². The molecule has 1 heterocycles. The van der Waals surface area contributed by atoms with Crippen LogP contribution >= 0.6 is 0 Å². The maximum Gasteiger partial charge on any atom is 0.0472 e. The number of nitrogens with two attached hydrogens (primary N) is 1. The van der Waals surface area contributed by atoms with Gasteiger partial charge < -0.3 is 15.4 Å². The van der Waals surface area contributed by atoms with E-state index >= 15 is 0 Å². The standard InChI is InChI=1S/C9H20N2O/c1-11(2)8-9(7-10)3-5-12-6-4-9/h3-8,10H2,1-2H3. The van der Waals surface area contributed by atoms with Crippen LogP contribution in [0.5, 0.6) is 0 Å². The number of hydrogen-bond donors (Lipinski definition) is 1. The Balaban J connectivity index is 2.48.